The van der Waals surface area contributed by atoms with Gasteiger partial charge in [-0.2, -0.15) is 0 Å². The van der Waals surface area contributed by atoms with Gasteiger partial charge in [0.25, 0.3) is 5.91 Å². The Morgan fingerprint density at radius 3 is 2.14 bits per heavy atom. The highest BCUT2D eigenvalue weighted by atomic mass is 16.3. The molecule has 0 spiro atoms. The molecule has 3 rings (SSSR count). The SMILES string of the molecule is CC(C)(O)c1ccc(C(=O)N2CCN(C3CCC3)CC2)cc1. The Hall–Kier alpha value is -1.39. The van der Waals surface area contributed by atoms with Crippen molar-refractivity contribution in [1.82, 2.24) is 9.80 Å². The van der Waals surface area contributed by atoms with Crippen LogP contribution in [0.1, 0.15) is 49.0 Å². The monoisotopic (exact) mass is 302 g/mol. The van der Waals surface area contributed by atoms with Gasteiger partial charge in [0.15, 0.2) is 0 Å². The van der Waals surface area contributed by atoms with E-state index in [9.17, 15) is 9.90 Å². The van der Waals surface area contributed by atoms with E-state index in [4.69, 9.17) is 0 Å². The fourth-order valence-electron chi connectivity index (χ4n) is 3.25. The van der Waals surface area contributed by atoms with Crippen molar-refractivity contribution in [3.63, 3.8) is 0 Å². The highest BCUT2D eigenvalue weighted by Gasteiger charge is 2.29. The molecular formula is C18H26N2O2. The Bertz CT molecular complexity index is 521. The molecule has 0 radical (unpaired) electrons. The Balaban J connectivity index is 1.60. The predicted molar refractivity (Wildman–Crippen MR) is 86.8 cm³/mol. The average Bonchev–Trinajstić information content (AvgIpc) is 2.45. The standard InChI is InChI=1S/C18H26N2O2/c1-18(2,22)15-8-6-14(7-9-15)17(21)20-12-10-19(11-13-20)16-4-3-5-16/h6-9,16,22H,3-5,10-13H2,1-2H3. The maximum atomic E-state index is 12.6. The summed E-state index contributed by atoms with van der Waals surface area (Å²) in [5.41, 5.74) is 0.680. The van der Waals surface area contributed by atoms with E-state index in [0.29, 0.717) is 5.56 Å². The molecule has 1 aliphatic heterocycles. The van der Waals surface area contributed by atoms with E-state index in [0.717, 1.165) is 37.8 Å². The lowest BCUT2D eigenvalue weighted by Gasteiger charge is -2.43. The Kier molecular flexibility index (Phi) is 4.24. The minimum absolute atomic E-state index is 0.107. The maximum absolute atomic E-state index is 12.6. The fourth-order valence-corrected chi connectivity index (χ4v) is 3.25. The maximum Gasteiger partial charge on any atom is 0.253 e. The number of benzene rings is 1. The second-order valence-electron chi connectivity index (χ2n) is 7.05. The summed E-state index contributed by atoms with van der Waals surface area (Å²) in [6.07, 6.45) is 4.01. The highest BCUT2D eigenvalue weighted by Crippen LogP contribution is 2.26. The number of hydrogen-bond donors (Lipinski definition) is 1. The molecule has 1 heterocycles. The zero-order chi connectivity index (χ0) is 15.7. The molecule has 2 aliphatic rings. The summed E-state index contributed by atoms with van der Waals surface area (Å²) in [5.74, 6) is 0.107. The number of hydrogen-bond acceptors (Lipinski definition) is 3. The molecular weight excluding hydrogens is 276 g/mol. The van der Waals surface area contributed by atoms with Gasteiger partial charge in [-0.25, -0.2) is 0 Å². The van der Waals surface area contributed by atoms with Crippen molar-refractivity contribution in [2.24, 2.45) is 0 Å². The topological polar surface area (TPSA) is 43.8 Å². The third kappa shape index (κ3) is 3.18. The van der Waals surface area contributed by atoms with Crippen molar-refractivity contribution in [1.29, 1.82) is 0 Å². The molecule has 120 valence electrons. The van der Waals surface area contributed by atoms with Crippen LogP contribution in [0.5, 0.6) is 0 Å². The highest BCUT2D eigenvalue weighted by molar-refractivity contribution is 5.94. The summed E-state index contributed by atoms with van der Waals surface area (Å²) < 4.78 is 0. The molecule has 1 aliphatic carbocycles. The van der Waals surface area contributed by atoms with Gasteiger partial charge >= 0.3 is 0 Å². The first-order valence-corrected chi connectivity index (χ1v) is 8.31. The summed E-state index contributed by atoms with van der Waals surface area (Å²) in [6.45, 7) is 7.15. The lowest BCUT2D eigenvalue weighted by atomic mass is 9.91. The molecule has 0 bridgehead atoms. The molecule has 1 aromatic rings. The third-order valence-corrected chi connectivity index (χ3v) is 5.03. The van der Waals surface area contributed by atoms with Gasteiger partial charge in [0.1, 0.15) is 0 Å². The largest absolute Gasteiger partial charge is 0.386 e. The first-order valence-electron chi connectivity index (χ1n) is 8.31. The minimum atomic E-state index is -0.865. The van der Waals surface area contributed by atoms with E-state index < -0.39 is 5.60 Å². The van der Waals surface area contributed by atoms with Crippen molar-refractivity contribution >= 4 is 5.91 Å². The summed E-state index contributed by atoms with van der Waals surface area (Å²) in [4.78, 5) is 17.1. The van der Waals surface area contributed by atoms with Gasteiger partial charge in [0, 0.05) is 37.8 Å². The average molecular weight is 302 g/mol. The zero-order valence-electron chi connectivity index (χ0n) is 13.6. The Morgan fingerprint density at radius 1 is 1.09 bits per heavy atom. The van der Waals surface area contributed by atoms with Crippen LogP contribution in [0.4, 0.5) is 0 Å². The molecule has 22 heavy (non-hydrogen) atoms. The fraction of sp³-hybridized carbons (Fsp3) is 0.611. The van der Waals surface area contributed by atoms with E-state index in [2.05, 4.69) is 4.90 Å². The van der Waals surface area contributed by atoms with E-state index >= 15 is 0 Å². The molecule has 1 aromatic carbocycles. The van der Waals surface area contributed by atoms with Crippen molar-refractivity contribution in [2.45, 2.75) is 44.8 Å². The van der Waals surface area contributed by atoms with Crippen LogP contribution in [0.3, 0.4) is 0 Å². The number of carbonyl (C=O) groups excluding carboxylic acids is 1. The molecule has 1 N–H and O–H groups in total. The first-order chi connectivity index (χ1) is 10.4. The lowest BCUT2D eigenvalue weighted by Crippen LogP contribution is -2.53. The van der Waals surface area contributed by atoms with Gasteiger partial charge in [0.2, 0.25) is 0 Å². The molecule has 2 fully saturated rings. The van der Waals surface area contributed by atoms with Crippen LogP contribution in [-0.4, -0.2) is 53.0 Å². The van der Waals surface area contributed by atoms with E-state index in [1.807, 2.05) is 29.2 Å². The Morgan fingerprint density at radius 2 is 1.68 bits per heavy atom. The van der Waals surface area contributed by atoms with E-state index in [1.54, 1.807) is 13.8 Å². The second kappa shape index (κ2) is 6.01. The number of piperazine rings is 1. The molecule has 4 nitrogen and oxygen atoms in total. The van der Waals surface area contributed by atoms with Gasteiger partial charge in [0.05, 0.1) is 5.60 Å². The first kappa shape index (κ1) is 15.5. The van der Waals surface area contributed by atoms with Crippen LogP contribution in [0, 0.1) is 0 Å². The van der Waals surface area contributed by atoms with Crippen LogP contribution in [0.25, 0.3) is 0 Å². The van der Waals surface area contributed by atoms with Crippen molar-refractivity contribution < 1.29 is 9.90 Å². The number of nitrogens with zero attached hydrogens (tertiary/aromatic N) is 2. The van der Waals surface area contributed by atoms with E-state index in [-0.39, 0.29) is 5.91 Å². The molecule has 1 saturated heterocycles. The smallest absolute Gasteiger partial charge is 0.253 e. The van der Waals surface area contributed by atoms with Crippen molar-refractivity contribution in [3.8, 4) is 0 Å². The van der Waals surface area contributed by atoms with Crippen LogP contribution >= 0.6 is 0 Å². The van der Waals surface area contributed by atoms with Crippen LogP contribution < -0.4 is 0 Å². The predicted octanol–water partition coefficient (Wildman–Crippen LogP) is 2.22. The van der Waals surface area contributed by atoms with Gasteiger partial charge in [-0.1, -0.05) is 18.6 Å². The molecule has 1 saturated carbocycles. The molecule has 4 heteroatoms. The lowest BCUT2D eigenvalue weighted by molar-refractivity contribution is 0.0455. The van der Waals surface area contributed by atoms with Crippen molar-refractivity contribution in [2.75, 3.05) is 26.2 Å². The Labute approximate surface area is 132 Å². The third-order valence-electron chi connectivity index (χ3n) is 5.03. The zero-order valence-corrected chi connectivity index (χ0v) is 13.6. The number of carbonyl (C=O) groups is 1. The molecule has 0 aromatic heterocycles. The van der Waals surface area contributed by atoms with Gasteiger partial charge < -0.3 is 10.0 Å². The van der Waals surface area contributed by atoms with E-state index in [1.165, 1.54) is 19.3 Å². The van der Waals surface area contributed by atoms with Crippen LogP contribution in [0.2, 0.25) is 0 Å². The van der Waals surface area contributed by atoms with Gasteiger partial charge in [-0.05, 0) is 44.4 Å². The molecule has 0 unspecified atom stereocenters. The second-order valence-corrected chi connectivity index (χ2v) is 7.05. The number of rotatable bonds is 3. The quantitative estimate of drug-likeness (QED) is 0.931. The summed E-state index contributed by atoms with van der Waals surface area (Å²) >= 11 is 0. The normalized spacial score (nSPS) is 20.8. The number of aliphatic hydroxyl groups is 1. The molecule has 1 amide bonds. The summed E-state index contributed by atoms with van der Waals surface area (Å²) in [7, 11) is 0. The van der Waals surface area contributed by atoms with Gasteiger partial charge in [-0.3, -0.25) is 9.69 Å². The van der Waals surface area contributed by atoms with Crippen molar-refractivity contribution in [3.05, 3.63) is 35.4 Å². The summed E-state index contributed by atoms with van der Waals surface area (Å²) in [6, 6.07) is 8.11. The summed E-state index contributed by atoms with van der Waals surface area (Å²) in [5, 5.41) is 9.98. The van der Waals surface area contributed by atoms with Crippen LogP contribution in [-0.2, 0) is 5.60 Å². The minimum Gasteiger partial charge on any atom is -0.386 e. The number of amides is 1. The van der Waals surface area contributed by atoms with Gasteiger partial charge in [-0.15, -0.1) is 0 Å². The molecule has 0 atom stereocenters. The van der Waals surface area contributed by atoms with Crippen LogP contribution in [0.15, 0.2) is 24.3 Å².